The number of allylic oxidation sites excluding steroid dienone is 2. The summed E-state index contributed by atoms with van der Waals surface area (Å²) in [5, 5.41) is 9.34. The molecule has 0 amide bonds. The van der Waals surface area contributed by atoms with Crippen LogP contribution in [0.5, 0.6) is 0 Å². The number of ketones is 3. The molecule has 0 aromatic heterocycles. The number of methoxy groups -OCH3 is 1. The molecule has 1 atom stereocenters. The molecule has 1 aliphatic rings. The predicted octanol–water partition coefficient (Wildman–Crippen LogP) is -0.455. The Hall–Kier alpha value is -1.75. The van der Waals surface area contributed by atoms with Crippen LogP contribution < -0.4 is 0 Å². The van der Waals surface area contributed by atoms with Crippen LogP contribution in [0.15, 0.2) is 23.5 Å². The molecule has 5 heteroatoms. The smallest absolute Gasteiger partial charge is 0.221 e. The van der Waals surface area contributed by atoms with Gasteiger partial charge >= 0.3 is 0 Å². The fraction of sp³-hybridized carbons (Fsp3) is 0.300. The monoisotopic (exact) mass is 210 g/mol. The van der Waals surface area contributed by atoms with Crippen molar-refractivity contribution in [3.8, 4) is 0 Å². The Bertz CT molecular complexity index is 389. The van der Waals surface area contributed by atoms with Crippen LogP contribution in [0.2, 0.25) is 0 Å². The van der Waals surface area contributed by atoms with Gasteiger partial charge in [-0.25, -0.2) is 0 Å². The third-order valence-corrected chi connectivity index (χ3v) is 1.98. The maximum Gasteiger partial charge on any atom is 0.221 e. The summed E-state index contributed by atoms with van der Waals surface area (Å²) in [5.74, 6) is -1.81. The van der Waals surface area contributed by atoms with Crippen LogP contribution in [0, 0.1) is 0 Å². The zero-order chi connectivity index (χ0) is 11.6. The van der Waals surface area contributed by atoms with Crippen LogP contribution in [-0.2, 0) is 19.1 Å². The highest BCUT2D eigenvalue weighted by Crippen LogP contribution is 2.15. The van der Waals surface area contributed by atoms with Crippen LogP contribution in [0.1, 0.15) is 6.92 Å². The highest BCUT2D eigenvalue weighted by molar-refractivity contribution is 6.21. The van der Waals surface area contributed by atoms with Crippen molar-refractivity contribution in [3.05, 3.63) is 23.5 Å². The van der Waals surface area contributed by atoms with E-state index in [1.807, 2.05) is 0 Å². The molecule has 1 aliphatic carbocycles. The van der Waals surface area contributed by atoms with Gasteiger partial charge < -0.3 is 9.84 Å². The van der Waals surface area contributed by atoms with Crippen molar-refractivity contribution in [2.24, 2.45) is 0 Å². The fourth-order valence-corrected chi connectivity index (χ4v) is 1.15. The van der Waals surface area contributed by atoms with Crippen LogP contribution in [0.3, 0.4) is 0 Å². The number of rotatable bonds is 3. The molecule has 1 unspecified atom stereocenters. The lowest BCUT2D eigenvalue weighted by Gasteiger charge is -2.13. The SMILES string of the molecule is COC1=CC(=O)C(C(O)C(C)=O)=CC1=O. The molecule has 1 N–H and O–H groups in total. The number of hydrogen-bond acceptors (Lipinski definition) is 5. The summed E-state index contributed by atoms with van der Waals surface area (Å²) in [6.07, 6.45) is 0.341. The van der Waals surface area contributed by atoms with Gasteiger partial charge in [-0.1, -0.05) is 0 Å². The zero-order valence-electron chi connectivity index (χ0n) is 8.31. The van der Waals surface area contributed by atoms with E-state index in [1.54, 1.807) is 0 Å². The van der Waals surface area contributed by atoms with Crippen molar-refractivity contribution >= 4 is 17.3 Å². The minimum Gasteiger partial charge on any atom is -0.493 e. The highest BCUT2D eigenvalue weighted by Gasteiger charge is 2.27. The number of carbonyl (C=O) groups excluding carboxylic acids is 3. The summed E-state index contributed by atoms with van der Waals surface area (Å²) in [4.78, 5) is 33.5. The van der Waals surface area contributed by atoms with Gasteiger partial charge in [0.1, 0.15) is 6.10 Å². The standard InChI is InChI=1S/C10H10O5/c1-5(11)10(14)6-3-8(13)9(15-2)4-7(6)12/h3-4,10,14H,1-2H3. The summed E-state index contributed by atoms with van der Waals surface area (Å²) in [6.45, 7) is 1.14. The molecule has 15 heavy (non-hydrogen) atoms. The second-order valence-corrected chi connectivity index (χ2v) is 3.05. The maximum absolute atomic E-state index is 11.4. The largest absolute Gasteiger partial charge is 0.493 e. The van der Waals surface area contributed by atoms with Gasteiger partial charge in [0.15, 0.2) is 17.3 Å². The van der Waals surface area contributed by atoms with Crippen LogP contribution in [0.25, 0.3) is 0 Å². The normalized spacial score (nSPS) is 18.1. The molecule has 0 bridgehead atoms. The Kier molecular flexibility index (Phi) is 3.16. The first-order valence-corrected chi connectivity index (χ1v) is 4.21. The Labute approximate surface area is 86.0 Å². The molecule has 0 aliphatic heterocycles. The predicted molar refractivity (Wildman–Crippen MR) is 49.9 cm³/mol. The van der Waals surface area contributed by atoms with Gasteiger partial charge in [0, 0.05) is 11.6 Å². The first-order chi connectivity index (χ1) is 6.97. The Balaban J connectivity index is 3.02. The van der Waals surface area contributed by atoms with E-state index in [4.69, 9.17) is 0 Å². The second kappa shape index (κ2) is 4.18. The highest BCUT2D eigenvalue weighted by atomic mass is 16.5. The summed E-state index contributed by atoms with van der Waals surface area (Å²) >= 11 is 0. The van der Waals surface area contributed by atoms with Crippen LogP contribution in [0.4, 0.5) is 0 Å². The van der Waals surface area contributed by atoms with E-state index in [1.165, 1.54) is 7.11 Å². The number of ether oxygens (including phenoxy) is 1. The molecule has 0 fully saturated rings. The molecular formula is C10H10O5. The second-order valence-electron chi connectivity index (χ2n) is 3.05. The van der Waals surface area contributed by atoms with Gasteiger partial charge in [-0.2, -0.15) is 0 Å². The molecule has 0 aromatic carbocycles. The quantitative estimate of drug-likeness (QED) is 0.638. The zero-order valence-corrected chi connectivity index (χ0v) is 8.31. The van der Waals surface area contributed by atoms with Gasteiger partial charge in [-0.3, -0.25) is 14.4 Å². The van der Waals surface area contributed by atoms with Crippen molar-refractivity contribution in [2.45, 2.75) is 13.0 Å². The number of Topliss-reactive ketones (excluding diaryl/α,β-unsaturated/α-hetero) is 1. The van der Waals surface area contributed by atoms with Crippen molar-refractivity contribution in [1.82, 2.24) is 0 Å². The molecule has 0 saturated carbocycles. The minimum atomic E-state index is -1.55. The average Bonchev–Trinajstić information content (AvgIpc) is 2.19. The van der Waals surface area contributed by atoms with Crippen molar-refractivity contribution in [3.63, 3.8) is 0 Å². The van der Waals surface area contributed by atoms with Crippen molar-refractivity contribution in [2.75, 3.05) is 7.11 Å². The van der Waals surface area contributed by atoms with Gasteiger partial charge in [-0.05, 0) is 13.0 Å². The van der Waals surface area contributed by atoms with Crippen molar-refractivity contribution < 1.29 is 24.2 Å². The first kappa shape index (κ1) is 11.3. The molecule has 80 valence electrons. The van der Waals surface area contributed by atoms with Crippen LogP contribution >= 0.6 is 0 Å². The molecule has 0 heterocycles. The molecule has 0 saturated heterocycles. The molecule has 0 radical (unpaired) electrons. The number of carbonyl (C=O) groups is 3. The number of aliphatic hydroxyl groups excluding tert-OH is 1. The van der Waals surface area contributed by atoms with Crippen molar-refractivity contribution in [1.29, 1.82) is 0 Å². The average molecular weight is 210 g/mol. The van der Waals surface area contributed by atoms with E-state index >= 15 is 0 Å². The topological polar surface area (TPSA) is 80.7 Å². The summed E-state index contributed by atoms with van der Waals surface area (Å²) in [7, 11) is 1.26. The van der Waals surface area contributed by atoms with E-state index < -0.39 is 23.5 Å². The molecular weight excluding hydrogens is 200 g/mol. The van der Waals surface area contributed by atoms with Gasteiger partial charge in [0.05, 0.1) is 7.11 Å². The van der Waals surface area contributed by atoms with E-state index in [2.05, 4.69) is 4.74 Å². The number of hydrogen-bond donors (Lipinski definition) is 1. The summed E-state index contributed by atoms with van der Waals surface area (Å²) < 4.78 is 4.64. The lowest BCUT2D eigenvalue weighted by molar-refractivity contribution is -0.125. The first-order valence-electron chi connectivity index (χ1n) is 4.21. The van der Waals surface area contributed by atoms with Gasteiger partial charge in [0.2, 0.25) is 5.78 Å². The Morgan fingerprint density at radius 3 is 2.40 bits per heavy atom. The third-order valence-electron chi connectivity index (χ3n) is 1.98. The lowest BCUT2D eigenvalue weighted by Crippen LogP contribution is -2.28. The van der Waals surface area contributed by atoms with Gasteiger partial charge in [-0.15, -0.1) is 0 Å². The molecule has 0 aromatic rings. The van der Waals surface area contributed by atoms with E-state index in [9.17, 15) is 19.5 Å². The fourth-order valence-electron chi connectivity index (χ4n) is 1.15. The van der Waals surface area contributed by atoms with Crippen LogP contribution in [-0.4, -0.2) is 35.7 Å². The third kappa shape index (κ3) is 2.19. The summed E-state index contributed by atoms with van der Waals surface area (Å²) in [6, 6.07) is 0. The van der Waals surface area contributed by atoms with Gasteiger partial charge in [0.25, 0.3) is 0 Å². The lowest BCUT2D eigenvalue weighted by atomic mass is 9.96. The molecule has 1 rings (SSSR count). The number of aliphatic hydroxyl groups is 1. The molecule has 0 spiro atoms. The van der Waals surface area contributed by atoms with E-state index in [-0.39, 0.29) is 11.3 Å². The van der Waals surface area contributed by atoms with E-state index in [0.29, 0.717) is 0 Å². The van der Waals surface area contributed by atoms with E-state index in [0.717, 1.165) is 19.1 Å². The summed E-state index contributed by atoms with van der Waals surface area (Å²) in [5.41, 5.74) is -0.215. The molecule has 5 nitrogen and oxygen atoms in total. The minimum absolute atomic E-state index is 0.0977. The maximum atomic E-state index is 11.4. The Morgan fingerprint density at radius 1 is 1.33 bits per heavy atom. The Morgan fingerprint density at radius 2 is 1.93 bits per heavy atom.